The normalized spacial score (nSPS) is 11.0. The highest BCUT2D eigenvalue weighted by Crippen LogP contribution is 2.20. The molecule has 0 aromatic heterocycles. The highest BCUT2D eigenvalue weighted by atomic mass is 32.2. The molecule has 1 N–H and O–H groups in total. The maximum Gasteiger partial charge on any atom is 0.261 e. The Morgan fingerprint density at radius 3 is 2.18 bits per heavy atom. The van der Waals surface area contributed by atoms with Crippen LogP contribution in [0, 0.1) is 0 Å². The fourth-order valence-corrected chi connectivity index (χ4v) is 3.67. The number of nitrogens with zero attached hydrogens (tertiary/aromatic N) is 1. The first-order chi connectivity index (χ1) is 13.3. The quantitative estimate of drug-likeness (QED) is 0.645. The molecule has 0 fully saturated rings. The predicted octanol–water partition coefficient (Wildman–Crippen LogP) is 3.92. The lowest BCUT2D eigenvalue weighted by Crippen LogP contribution is -2.32. The van der Waals surface area contributed by atoms with Crippen LogP contribution < -0.4 is 9.46 Å². The van der Waals surface area contributed by atoms with Gasteiger partial charge in [0.25, 0.3) is 15.9 Å². The Hall–Kier alpha value is -2.80. The van der Waals surface area contributed by atoms with Crippen molar-refractivity contribution in [2.75, 3.05) is 24.4 Å². The molecule has 28 heavy (non-hydrogen) atoms. The highest BCUT2D eigenvalue weighted by Gasteiger charge is 2.18. The van der Waals surface area contributed by atoms with E-state index in [-0.39, 0.29) is 10.8 Å². The highest BCUT2D eigenvalue weighted by molar-refractivity contribution is 7.92. The fraction of sp³-hybridized carbons (Fsp3) is 0.286. The summed E-state index contributed by atoms with van der Waals surface area (Å²) in [5.74, 6) is 0.512. The zero-order valence-electron chi connectivity index (χ0n) is 16.4. The number of carbonyl (C=O) groups excluding carboxylic acids is 1. The molecular weight excluding hydrogens is 376 g/mol. The zero-order valence-corrected chi connectivity index (χ0v) is 17.3. The molecule has 2 aromatic carbocycles. The van der Waals surface area contributed by atoms with Gasteiger partial charge in [0.15, 0.2) is 0 Å². The molecule has 0 atom stereocenters. The molecule has 0 radical (unpaired) electrons. The molecule has 0 saturated carbocycles. The van der Waals surface area contributed by atoms with E-state index in [4.69, 9.17) is 4.74 Å². The minimum absolute atomic E-state index is 0.0842. The van der Waals surface area contributed by atoms with E-state index in [0.29, 0.717) is 36.7 Å². The van der Waals surface area contributed by atoms with Crippen molar-refractivity contribution in [2.45, 2.75) is 25.7 Å². The lowest BCUT2D eigenvalue weighted by atomic mass is 10.2. The molecule has 0 saturated heterocycles. The van der Waals surface area contributed by atoms with Crippen LogP contribution in [0.25, 0.3) is 0 Å². The van der Waals surface area contributed by atoms with Crippen molar-refractivity contribution in [1.29, 1.82) is 0 Å². The molecular formula is C21H26N2O4S. The molecule has 1 amide bonds. The second-order valence-electron chi connectivity index (χ2n) is 6.36. The van der Waals surface area contributed by atoms with E-state index in [0.717, 1.165) is 5.57 Å². The first-order valence-corrected chi connectivity index (χ1v) is 10.5. The first kappa shape index (κ1) is 21.5. The summed E-state index contributed by atoms with van der Waals surface area (Å²) in [5, 5.41) is 0. The van der Waals surface area contributed by atoms with Crippen LogP contribution in [-0.4, -0.2) is 38.9 Å². The van der Waals surface area contributed by atoms with Crippen molar-refractivity contribution in [3.8, 4) is 5.75 Å². The first-order valence-electron chi connectivity index (χ1n) is 9.06. The van der Waals surface area contributed by atoms with Gasteiger partial charge < -0.3 is 9.64 Å². The number of nitrogens with one attached hydrogen (secondary N) is 1. The molecule has 0 aliphatic carbocycles. The number of likely N-dealkylation sites (N-methyl/N-ethyl adjacent to an activating group) is 1. The Bertz CT molecular complexity index is 920. The van der Waals surface area contributed by atoms with Gasteiger partial charge in [0.2, 0.25) is 0 Å². The molecule has 150 valence electrons. The number of rotatable bonds is 9. The third-order valence-electron chi connectivity index (χ3n) is 3.96. The lowest BCUT2D eigenvalue weighted by Gasteiger charge is -2.21. The molecule has 0 aliphatic heterocycles. The van der Waals surface area contributed by atoms with Crippen molar-refractivity contribution in [3.63, 3.8) is 0 Å². The van der Waals surface area contributed by atoms with Gasteiger partial charge in [-0.2, -0.15) is 0 Å². The number of benzene rings is 2. The molecule has 2 aromatic rings. The number of anilines is 1. The van der Waals surface area contributed by atoms with E-state index < -0.39 is 10.0 Å². The Balaban J connectivity index is 2.14. The monoisotopic (exact) mass is 402 g/mol. The van der Waals surface area contributed by atoms with Crippen LogP contribution >= 0.6 is 0 Å². The second-order valence-corrected chi connectivity index (χ2v) is 8.05. The van der Waals surface area contributed by atoms with Gasteiger partial charge in [0.05, 0.1) is 11.5 Å². The van der Waals surface area contributed by atoms with Crippen LogP contribution in [0.15, 0.2) is 65.6 Å². The van der Waals surface area contributed by atoms with Crippen LogP contribution in [0.3, 0.4) is 0 Å². The van der Waals surface area contributed by atoms with Crippen molar-refractivity contribution in [2.24, 2.45) is 0 Å². The lowest BCUT2D eigenvalue weighted by molar-refractivity contribution is 0.0778. The summed E-state index contributed by atoms with van der Waals surface area (Å²) in [4.78, 5) is 14.3. The molecule has 0 bridgehead atoms. The second kappa shape index (κ2) is 9.41. The topological polar surface area (TPSA) is 75.7 Å². The Morgan fingerprint density at radius 1 is 1.07 bits per heavy atom. The molecule has 0 spiro atoms. The van der Waals surface area contributed by atoms with Gasteiger partial charge in [-0.15, -0.1) is 0 Å². The summed E-state index contributed by atoms with van der Waals surface area (Å²) in [6.45, 7) is 11.0. The average Bonchev–Trinajstić information content (AvgIpc) is 2.67. The molecule has 0 aliphatic rings. The number of carbonyl (C=O) groups is 1. The van der Waals surface area contributed by atoms with Crippen molar-refractivity contribution in [1.82, 2.24) is 4.90 Å². The van der Waals surface area contributed by atoms with Gasteiger partial charge in [-0.3, -0.25) is 9.52 Å². The van der Waals surface area contributed by atoms with Gasteiger partial charge in [0, 0.05) is 24.3 Å². The van der Waals surface area contributed by atoms with E-state index in [1.165, 1.54) is 24.3 Å². The summed E-state index contributed by atoms with van der Waals surface area (Å²) in [5.41, 5.74) is 1.75. The van der Waals surface area contributed by atoms with E-state index in [1.807, 2.05) is 20.8 Å². The Labute approximate surface area is 166 Å². The predicted molar refractivity (Wildman–Crippen MR) is 111 cm³/mol. The van der Waals surface area contributed by atoms with E-state index >= 15 is 0 Å². The Kier molecular flexibility index (Phi) is 7.23. The molecule has 0 unspecified atom stereocenters. The van der Waals surface area contributed by atoms with Gasteiger partial charge in [-0.1, -0.05) is 12.2 Å². The van der Waals surface area contributed by atoms with Crippen LogP contribution in [0.4, 0.5) is 5.69 Å². The third-order valence-corrected chi connectivity index (χ3v) is 5.36. The van der Waals surface area contributed by atoms with Crippen LogP contribution in [0.2, 0.25) is 0 Å². The number of amides is 1. The number of hydrogen-bond acceptors (Lipinski definition) is 4. The van der Waals surface area contributed by atoms with Crippen LogP contribution in [0.5, 0.6) is 5.75 Å². The largest absolute Gasteiger partial charge is 0.494 e. The average molecular weight is 403 g/mol. The fourth-order valence-electron chi connectivity index (χ4n) is 2.61. The third kappa shape index (κ3) is 5.60. The van der Waals surface area contributed by atoms with Crippen molar-refractivity contribution in [3.05, 3.63) is 66.2 Å². The van der Waals surface area contributed by atoms with Gasteiger partial charge in [0.1, 0.15) is 5.75 Å². The van der Waals surface area contributed by atoms with Crippen LogP contribution in [0.1, 0.15) is 31.1 Å². The summed E-state index contributed by atoms with van der Waals surface area (Å²) in [6, 6.07) is 12.6. The van der Waals surface area contributed by atoms with E-state index in [1.54, 1.807) is 29.2 Å². The van der Waals surface area contributed by atoms with Crippen LogP contribution in [-0.2, 0) is 10.0 Å². The Morgan fingerprint density at radius 2 is 1.68 bits per heavy atom. The van der Waals surface area contributed by atoms with Crippen molar-refractivity contribution >= 4 is 21.6 Å². The maximum absolute atomic E-state index is 12.6. The summed E-state index contributed by atoms with van der Waals surface area (Å²) < 4.78 is 33.0. The smallest absolute Gasteiger partial charge is 0.261 e. The standard InChI is InChI=1S/C21H26N2O4S/c1-5-23(15-16(3)4)21(24)17-7-13-20(14-8-17)28(25,26)22-18-9-11-19(12-10-18)27-6-2/h7-14,22H,3,5-6,15H2,1-2,4H3. The zero-order chi connectivity index (χ0) is 20.7. The summed E-state index contributed by atoms with van der Waals surface area (Å²) >= 11 is 0. The van der Waals surface area contributed by atoms with Gasteiger partial charge >= 0.3 is 0 Å². The number of hydrogen-bond donors (Lipinski definition) is 1. The molecule has 0 heterocycles. The molecule has 6 nitrogen and oxygen atoms in total. The minimum atomic E-state index is -3.76. The SMILES string of the molecule is C=C(C)CN(CC)C(=O)c1ccc(S(=O)(=O)Nc2ccc(OCC)cc2)cc1. The molecule has 7 heteroatoms. The van der Waals surface area contributed by atoms with Crippen molar-refractivity contribution < 1.29 is 17.9 Å². The van der Waals surface area contributed by atoms with Gasteiger partial charge in [-0.05, 0) is 69.3 Å². The number of sulfonamides is 1. The summed E-state index contributed by atoms with van der Waals surface area (Å²) in [6.07, 6.45) is 0. The van der Waals surface area contributed by atoms with E-state index in [2.05, 4.69) is 11.3 Å². The summed E-state index contributed by atoms with van der Waals surface area (Å²) in [7, 11) is -3.76. The maximum atomic E-state index is 12.6. The van der Waals surface area contributed by atoms with Gasteiger partial charge in [-0.25, -0.2) is 8.42 Å². The van der Waals surface area contributed by atoms with E-state index in [9.17, 15) is 13.2 Å². The minimum Gasteiger partial charge on any atom is -0.494 e. The molecule has 2 rings (SSSR count). The number of ether oxygens (including phenoxy) is 1.